The fourth-order valence-electron chi connectivity index (χ4n) is 3.83. The Bertz CT molecular complexity index is 1400. The molecule has 0 spiro atoms. The molecule has 186 valence electrons. The number of aromatic nitrogens is 3. The highest BCUT2D eigenvalue weighted by atomic mass is 16.5. The summed E-state index contributed by atoms with van der Waals surface area (Å²) in [4.78, 5) is 26.7. The average molecular weight is 488 g/mol. The molecule has 4 aromatic rings. The zero-order chi connectivity index (χ0) is 25.5. The van der Waals surface area contributed by atoms with Crippen molar-refractivity contribution in [1.82, 2.24) is 19.9 Å². The molecule has 2 aromatic heterocycles. The summed E-state index contributed by atoms with van der Waals surface area (Å²) in [5.74, 6) is 0.778. The normalized spacial score (nSPS) is 11.4. The predicted octanol–water partition coefficient (Wildman–Crippen LogP) is 4.75. The second kappa shape index (κ2) is 11.5. The van der Waals surface area contributed by atoms with Crippen LogP contribution in [-0.2, 0) is 4.79 Å². The molecule has 0 radical (unpaired) electrons. The number of hydrogen-bond donors (Lipinski definition) is 2. The number of carboxylic acids is 1. The molecule has 9 nitrogen and oxygen atoms in total. The third kappa shape index (κ3) is 6.05. The Kier molecular flexibility index (Phi) is 7.92. The largest absolute Gasteiger partial charge is 0.497 e. The molecule has 36 heavy (non-hydrogen) atoms. The number of carboxylic acid groups (broad SMARTS) is 1. The van der Waals surface area contributed by atoms with Crippen LogP contribution in [0, 0.1) is 0 Å². The number of aliphatic carboxylic acids is 1. The summed E-state index contributed by atoms with van der Waals surface area (Å²) in [6, 6.07) is 11.3. The Morgan fingerprint density at radius 1 is 1.14 bits per heavy atom. The first kappa shape index (κ1) is 24.9. The molecule has 2 N–H and O–H groups in total. The molecule has 2 heterocycles. The third-order valence-electron chi connectivity index (χ3n) is 5.60. The van der Waals surface area contributed by atoms with Crippen LogP contribution in [0.5, 0.6) is 11.5 Å². The maximum atomic E-state index is 11.2. The molecule has 0 saturated carbocycles. The number of benzene rings is 2. The van der Waals surface area contributed by atoms with Crippen LogP contribution in [-0.4, -0.2) is 65.3 Å². The number of carbonyl (C=O) groups is 1. The van der Waals surface area contributed by atoms with Crippen LogP contribution in [0.4, 0.5) is 11.5 Å². The Morgan fingerprint density at radius 2 is 2.00 bits per heavy atom. The second-order valence-electron chi connectivity index (χ2n) is 8.53. The summed E-state index contributed by atoms with van der Waals surface area (Å²) in [5.41, 5.74) is 2.80. The molecule has 0 unspecified atom stereocenters. The fourth-order valence-corrected chi connectivity index (χ4v) is 3.83. The lowest BCUT2D eigenvalue weighted by Gasteiger charge is -2.15. The Labute approximate surface area is 209 Å². The molecule has 0 bridgehead atoms. The average Bonchev–Trinajstić information content (AvgIpc) is 2.87. The van der Waals surface area contributed by atoms with Gasteiger partial charge < -0.3 is 24.8 Å². The van der Waals surface area contributed by atoms with Gasteiger partial charge in [-0.15, -0.1) is 0 Å². The van der Waals surface area contributed by atoms with Gasteiger partial charge in [0, 0.05) is 40.7 Å². The maximum absolute atomic E-state index is 11.2. The van der Waals surface area contributed by atoms with Crippen molar-refractivity contribution in [3.05, 3.63) is 60.6 Å². The minimum absolute atomic E-state index is 0.519. The van der Waals surface area contributed by atoms with E-state index >= 15 is 0 Å². The minimum atomic E-state index is -1.04. The molecular formula is C27H29N5O4. The molecule has 4 rings (SSSR count). The van der Waals surface area contributed by atoms with Gasteiger partial charge in [0.15, 0.2) is 0 Å². The number of nitrogens with zero attached hydrogens (tertiary/aromatic N) is 4. The minimum Gasteiger partial charge on any atom is -0.497 e. The van der Waals surface area contributed by atoms with Gasteiger partial charge in [0.2, 0.25) is 0 Å². The van der Waals surface area contributed by atoms with Gasteiger partial charge in [-0.1, -0.05) is 6.07 Å². The van der Waals surface area contributed by atoms with Crippen LogP contribution in [0.3, 0.4) is 0 Å². The van der Waals surface area contributed by atoms with Crippen molar-refractivity contribution in [2.24, 2.45) is 0 Å². The summed E-state index contributed by atoms with van der Waals surface area (Å²) in [7, 11) is 5.69. The molecule has 2 aromatic carbocycles. The van der Waals surface area contributed by atoms with Gasteiger partial charge in [0.1, 0.15) is 23.6 Å². The summed E-state index contributed by atoms with van der Waals surface area (Å²) >= 11 is 0. The van der Waals surface area contributed by atoms with E-state index in [1.807, 2.05) is 50.5 Å². The zero-order valence-corrected chi connectivity index (χ0v) is 20.6. The Morgan fingerprint density at radius 3 is 2.78 bits per heavy atom. The van der Waals surface area contributed by atoms with E-state index in [0.29, 0.717) is 35.0 Å². The predicted molar refractivity (Wildman–Crippen MR) is 141 cm³/mol. The van der Waals surface area contributed by atoms with Crippen molar-refractivity contribution >= 4 is 45.4 Å². The van der Waals surface area contributed by atoms with Gasteiger partial charge in [-0.05, 0) is 57.8 Å². The molecule has 0 fully saturated rings. The first-order chi connectivity index (χ1) is 17.4. The number of methoxy groups -OCH3 is 1. The fraction of sp³-hybridized carbons (Fsp3) is 0.259. The number of anilines is 2. The van der Waals surface area contributed by atoms with E-state index in [0.717, 1.165) is 47.4 Å². The van der Waals surface area contributed by atoms with Gasteiger partial charge in [-0.2, -0.15) is 0 Å². The molecule has 0 aliphatic rings. The number of nitrogens with one attached hydrogen (secondary N) is 1. The van der Waals surface area contributed by atoms with E-state index in [1.54, 1.807) is 13.3 Å². The lowest BCUT2D eigenvalue weighted by molar-refractivity contribution is -0.131. The number of hydrogen-bond acceptors (Lipinski definition) is 8. The monoisotopic (exact) mass is 487 g/mol. The van der Waals surface area contributed by atoms with E-state index in [1.165, 1.54) is 12.4 Å². The molecular weight excluding hydrogens is 458 g/mol. The molecule has 0 aliphatic heterocycles. The summed E-state index contributed by atoms with van der Waals surface area (Å²) in [6.45, 7) is 1.49. The molecule has 0 aliphatic carbocycles. The topological polar surface area (TPSA) is 110 Å². The second-order valence-corrected chi connectivity index (χ2v) is 8.53. The van der Waals surface area contributed by atoms with Crippen LogP contribution in [0.2, 0.25) is 0 Å². The smallest absolute Gasteiger partial charge is 0.328 e. The summed E-state index contributed by atoms with van der Waals surface area (Å²) in [5, 5.41) is 14.2. The van der Waals surface area contributed by atoms with E-state index in [-0.39, 0.29) is 0 Å². The lowest BCUT2D eigenvalue weighted by Crippen LogP contribution is -2.13. The van der Waals surface area contributed by atoms with Gasteiger partial charge in [0.05, 0.1) is 30.4 Å². The van der Waals surface area contributed by atoms with Crippen molar-refractivity contribution in [1.29, 1.82) is 0 Å². The lowest BCUT2D eigenvalue weighted by atomic mass is 10.1. The highest BCUT2D eigenvalue weighted by Gasteiger charge is 2.13. The highest BCUT2D eigenvalue weighted by molar-refractivity contribution is 5.99. The van der Waals surface area contributed by atoms with Gasteiger partial charge in [-0.3, -0.25) is 4.98 Å². The molecule has 0 saturated heterocycles. The van der Waals surface area contributed by atoms with Gasteiger partial charge >= 0.3 is 5.97 Å². The number of fused-ring (bicyclic) bond motifs is 2. The van der Waals surface area contributed by atoms with Crippen LogP contribution in [0.1, 0.15) is 18.4 Å². The van der Waals surface area contributed by atoms with Gasteiger partial charge in [-0.25, -0.2) is 14.8 Å². The molecule has 0 atom stereocenters. The van der Waals surface area contributed by atoms with Crippen LogP contribution in [0.15, 0.2) is 55.0 Å². The highest BCUT2D eigenvalue weighted by Crippen LogP contribution is 2.34. The molecule has 0 amide bonds. The van der Waals surface area contributed by atoms with E-state index in [4.69, 9.17) is 9.47 Å². The standard InChI is InChI=1S/C27H29N5O4/c1-32(2)11-4-5-12-36-24-16-22-21(14-18(24)8-9-25(33)34)27(30-17-29-22)31-23-15-20(35-3)13-19-7-6-10-28-26(19)23/h6-10,13-17H,4-5,11-12H2,1-3H3,(H,33,34)(H,29,30,31). The number of ether oxygens (including phenoxy) is 2. The SMILES string of the molecule is COc1cc(Nc2ncnc3cc(OCCCCN(C)C)c(C=CC(=O)O)cc23)c2ncccc2c1. The number of rotatable bonds is 11. The van der Waals surface area contributed by atoms with Crippen molar-refractivity contribution in [3.63, 3.8) is 0 Å². The van der Waals surface area contributed by atoms with Crippen molar-refractivity contribution in [2.75, 3.05) is 39.7 Å². The first-order valence-corrected chi connectivity index (χ1v) is 11.6. The van der Waals surface area contributed by atoms with Crippen molar-refractivity contribution in [3.8, 4) is 11.5 Å². The number of unbranched alkanes of at least 4 members (excludes halogenated alkanes) is 1. The van der Waals surface area contributed by atoms with Gasteiger partial charge in [0.25, 0.3) is 0 Å². The van der Waals surface area contributed by atoms with Crippen molar-refractivity contribution < 1.29 is 19.4 Å². The van der Waals surface area contributed by atoms with Crippen LogP contribution < -0.4 is 14.8 Å². The van der Waals surface area contributed by atoms with E-state index in [9.17, 15) is 9.90 Å². The number of pyridine rings is 1. The van der Waals surface area contributed by atoms with E-state index in [2.05, 4.69) is 25.2 Å². The van der Waals surface area contributed by atoms with Crippen LogP contribution in [0.25, 0.3) is 27.9 Å². The summed E-state index contributed by atoms with van der Waals surface area (Å²) in [6.07, 6.45) is 7.71. The zero-order valence-electron chi connectivity index (χ0n) is 20.6. The van der Waals surface area contributed by atoms with Crippen molar-refractivity contribution in [2.45, 2.75) is 12.8 Å². The Hall–Kier alpha value is -4.24. The molecule has 9 heteroatoms. The third-order valence-corrected chi connectivity index (χ3v) is 5.60. The first-order valence-electron chi connectivity index (χ1n) is 11.6. The quantitative estimate of drug-likeness (QED) is 0.229. The Balaban J connectivity index is 1.71. The maximum Gasteiger partial charge on any atom is 0.328 e. The van der Waals surface area contributed by atoms with E-state index < -0.39 is 5.97 Å². The van der Waals surface area contributed by atoms with Crippen LogP contribution >= 0.6 is 0 Å². The summed E-state index contributed by atoms with van der Waals surface area (Å²) < 4.78 is 11.5.